The van der Waals surface area contributed by atoms with Gasteiger partial charge in [-0.1, -0.05) is 34.9 Å². The fourth-order valence-electron chi connectivity index (χ4n) is 1.85. The maximum absolute atomic E-state index is 10.1. The Labute approximate surface area is 109 Å². The molecule has 4 nitrogen and oxygen atoms in total. The maximum Gasteiger partial charge on any atom is 0.302 e. The van der Waals surface area contributed by atoms with Crippen molar-refractivity contribution in [2.45, 2.75) is 6.23 Å². The van der Waals surface area contributed by atoms with Crippen molar-refractivity contribution in [1.29, 1.82) is 0 Å². The number of fused-ring (bicyclic) bond motifs is 1. The molecule has 1 aromatic carbocycles. The highest BCUT2D eigenvalue weighted by Crippen LogP contribution is 2.15. The molecule has 0 spiro atoms. The Hall–Kier alpha value is -1.91. The standard InChI is InChI=1S/C13H10ClN3O/c14-10-6-4-9(5-7-10)12-13(18)15-11-3-1-2-8-17(11)16-12/h1-8,13,18H/p+1. The van der Waals surface area contributed by atoms with Crippen molar-refractivity contribution in [1.82, 2.24) is 0 Å². The number of nitrogens with one attached hydrogen (secondary N) is 1. The molecule has 3 rings (SSSR count). The molecule has 2 heterocycles. The third-order valence-electron chi connectivity index (χ3n) is 2.74. The van der Waals surface area contributed by atoms with Crippen LogP contribution in [0.3, 0.4) is 0 Å². The average molecular weight is 261 g/mol. The topological polar surface area (TPSA) is 48.5 Å². The molecule has 0 aliphatic carbocycles. The minimum atomic E-state index is -0.825. The van der Waals surface area contributed by atoms with E-state index in [1.807, 2.05) is 36.5 Å². The first-order chi connectivity index (χ1) is 8.74. The van der Waals surface area contributed by atoms with E-state index in [-0.39, 0.29) is 0 Å². The number of aliphatic hydroxyl groups is 1. The first-order valence-corrected chi connectivity index (χ1v) is 5.92. The summed E-state index contributed by atoms with van der Waals surface area (Å²) in [6.45, 7) is 0. The number of nitrogens with zero attached hydrogens (tertiary/aromatic N) is 2. The van der Waals surface area contributed by atoms with E-state index >= 15 is 0 Å². The van der Waals surface area contributed by atoms with E-state index in [1.165, 1.54) is 0 Å². The molecule has 2 N–H and O–H groups in total. The summed E-state index contributed by atoms with van der Waals surface area (Å²) >= 11 is 5.84. The van der Waals surface area contributed by atoms with Crippen LogP contribution in [0.25, 0.3) is 0 Å². The molecule has 1 atom stereocenters. The molecule has 0 saturated carbocycles. The second-order valence-electron chi connectivity index (χ2n) is 3.97. The number of aromatic nitrogens is 1. The molecule has 5 heteroatoms. The lowest BCUT2D eigenvalue weighted by Crippen LogP contribution is -2.46. The van der Waals surface area contributed by atoms with Crippen LogP contribution in [0.2, 0.25) is 5.02 Å². The normalized spacial score (nSPS) is 17.7. The van der Waals surface area contributed by atoms with Gasteiger partial charge in [-0.3, -0.25) is 0 Å². The van der Waals surface area contributed by atoms with E-state index in [9.17, 15) is 5.11 Å². The largest absolute Gasteiger partial charge is 0.351 e. The van der Waals surface area contributed by atoms with E-state index in [0.29, 0.717) is 10.7 Å². The summed E-state index contributed by atoms with van der Waals surface area (Å²) in [5, 5.41) is 18.1. The molecule has 0 bridgehead atoms. The summed E-state index contributed by atoms with van der Waals surface area (Å²) in [6, 6.07) is 12.8. The van der Waals surface area contributed by atoms with Crippen molar-refractivity contribution in [2.24, 2.45) is 5.10 Å². The van der Waals surface area contributed by atoms with Crippen molar-refractivity contribution < 1.29 is 9.78 Å². The highest BCUT2D eigenvalue weighted by molar-refractivity contribution is 6.30. The quantitative estimate of drug-likeness (QED) is 0.766. The Morgan fingerprint density at radius 1 is 1.17 bits per heavy atom. The van der Waals surface area contributed by atoms with Gasteiger partial charge in [-0.2, -0.15) is 0 Å². The lowest BCUT2D eigenvalue weighted by molar-refractivity contribution is -0.666. The van der Waals surface area contributed by atoms with E-state index in [4.69, 9.17) is 11.6 Å². The van der Waals surface area contributed by atoms with Gasteiger partial charge >= 0.3 is 5.82 Å². The molecule has 18 heavy (non-hydrogen) atoms. The summed E-state index contributed by atoms with van der Waals surface area (Å²) in [4.78, 5) is 0. The number of benzene rings is 1. The Morgan fingerprint density at radius 2 is 1.94 bits per heavy atom. The van der Waals surface area contributed by atoms with Crippen LogP contribution in [0, 0.1) is 0 Å². The average Bonchev–Trinajstić information content (AvgIpc) is 2.39. The number of anilines is 1. The van der Waals surface area contributed by atoms with Gasteiger partial charge in [-0.05, 0) is 18.2 Å². The van der Waals surface area contributed by atoms with Gasteiger partial charge in [0.15, 0.2) is 5.71 Å². The van der Waals surface area contributed by atoms with Crippen molar-refractivity contribution in [3.05, 3.63) is 59.2 Å². The fraction of sp³-hybridized carbons (Fsp3) is 0.0769. The molecular weight excluding hydrogens is 250 g/mol. The molecular formula is C13H11ClN3O+. The monoisotopic (exact) mass is 260 g/mol. The van der Waals surface area contributed by atoms with Gasteiger partial charge in [0.25, 0.3) is 0 Å². The highest BCUT2D eigenvalue weighted by Gasteiger charge is 2.27. The van der Waals surface area contributed by atoms with Crippen LogP contribution in [-0.4, -0.2) is 17.0 Å². The number of hydrogen-bond acceptors (Lipinski definition) is 3. The van der Waals surface area contributed by atoms with E-state index in [2.05, 4.69) is 10.4 Å². The Morgan fingerprint density at radius 3 is 2.72 bits per heavy atom. The van der Waals surface area contributed by atoms with E-state index in [0.717, 1.165) is 11.4 Å². The maximum atomic E-state index is 10.1. The Bertz CT molecular complexity index is 610. The second kappa shape index (κ2) is 4.40. The predicted molar refractivity (Wildman–Crippen MR) is 69.7 cm³/mol. The molecule has 0 saturated heterocycles. The van der Waals surface area contributed by atoms with E-state index in [1.54, 1.807) is 16.8 Å². The summed E-state index contributed by atoms with van der Waals surface area (Å²) < 4.78 is 1.69. The number of hydrogen-bond donors (Lipinski definition) is 2. The van der Waals surface area contributed by atoms with Crippen molar-refractivity contribution in [2.75, 3.05) is 5.32 Å². The van der Waals surface area contributed by atoms with Crippen molar-refractivity contribution in [3.63, 3.8) is 0 Å². The second-order valence-corrected chi connectivity index (χ2v) is 4.41. The molecule has 0 fully saturated rings. The molecule has 90 valence electrons. The molecule has 0 radical (unpaired) electrons. The smallest absolute Gasteiger partial charge is 0.302 e. The third kappa shape index (κ3) is 1.96. The Balaban J connectivity index is 2.07. The van der Waals surface area contributed by atoms with Gasteiger partial charge in [0, 0.05) is 16.7 Å². The van der Waals surface area contributed by atoms with Gasteiger partial charge in [0.1, 0.15) is 6.20 Å². The minimum absolute atomic E-state index is 0.565. The van der Waals surface area contributed by atoms with Crippen LogP contribution in [0.15, 0.2) is 53.8 Å². The zero-order valence-electron chi connectivity index (χ0n) is 9.42. The summed E-state index contributed by atoms with van der Waals surface area (Å²) in [7, 11) is 0. The van der Waals surface area contributed by atoms with Gasteiger partial charge in [0.05, 0.1) is 0 Å². The molecule has 1 aliphatic rings. The number of rotatable bonds is 1. The molecule has 2 aromatic rings. The first kappa shape index (κ1) is 11.2. The van der Waals surface area contributed by atoms with Gasteiger partial charge in [-0.25, -0.2) is 5.32 Å². The molecule has 1 aliphatic heterocycles. The number of halogens is 1. The first-order valence-electron chi connectivity index (χ1n) is 5.54. The predicted octanol–water partition coefficient (Wildman–Crippen LogP) is 1.62. The molecule has 1 aromatic heterocycles. The van der Waals surface area contributed by atoms with E-state index < -0.39 is 6.23 Å². The van der Waals surface area contributed by atoms with Crippen LogP contribution in [0.5, 0.6) is 0 Å². The lowest BCUT2D eigenvalue weighted by atomic mass is 10.1. The fourth-order valence-corrected chi connectivity index (χ4v) is 1.98. The van der Waals surface area contributed by atoms with Crippen LogP contribution in [0.1, 0.15) is 5.56 Å². The summed E-state index contributed by atoms with van der Waals surface area (Å²) in [5.74, 6) is 0.753. The number of pyridine rings is 1. The zero-order chi connectivity index (χ0) is 12.5. The van der Waals surface area contributed by atoms with Gasteiger partial charge < -0.3 is 5.11 Å². The van der Waals surface area contributed by atoms with Crippen LogP contribution < -0.4 is 9.99 Å². The SMILES string of the molecule is OC1Nc2cccc[n+]2N=C1c1ccc(Cl)cc1. The van der Waals surface area contributed by atoms with Gasteiger partial charge in [0.2, 0.25) is 6.23 Å². The van der Waals surface area contributed by atoms with Crippen LogP contribution >= 0.6 is 11.6 Å². The summed E-state index contributed by atoms with van der Waals surface area (Å²) in [5.41, 5.74) is 1.40. The Kier molecular flexibility index (Phi) is 2.74. The highest BCUT2D eigenvalue weighted by atomic mass is 35.5. The van der Waals surface area contributed by atoms with Crippen molar-refractivity contribution in [3.8, 4) is 0 Å². The zero-order valence-corrected chi connectivity index (χ0v) is 10.2. The van der Waals surface area contributed by atoms with Crippen LogP contribution in [0.4, 0.5) is 5.82 Å². The molecule has 1 unspecified atom stereocenters. The summed E-state index contributed by atoms with van der Waals surface area (Å²) in [6.07, 6.45) is 0.998. The lowest BCUT2D eigenvalue weighted by Gasteiger charge is -2.16. The molecule has 0 amide bonds. The van der Waals surface area contributed by atoms with Crippen molar-refractivity contribution >= 4 is 23.1 Å². The minimum Gasteiger partial charge on any atom is -0.351 e. The third-order valence-corrected chi connectivity index (χ3v) is 2.99. The number of aliphatic hydroxyl groups excluding tert-OH is 1. The van der Waals surface area contributed by atoms with Crippen LogP contribution in [-0.2, 0) is 0 Å². The van der Waals surface area contributed by atoms with Gasteiger partial charge in [-0.15, -0.1) is 4.68 Å².